The second-order valence-electron chi connectivity index (χ2n) is 11.8. The van der Waals surface area contributed by atoms with Crippen molar-refractivity contribution in [1.82, 2.24) is 10.6 Å². The maximum atomic E-state index is 15.7. The van der Waals surface area contributed by atoms with E-state index in [1.54, 1.807) is 30.3 Å². The quantitative estimate of drug-likeness (QED) is 0.437. The Morgan fingerprint density at radius 1 is 1.22 bits per heavy atom. The zero-order valence-electron chi connectivity index (χ0n) is 21.1. The highest BCUT2D eigenvalue weighted by molar-refractivity contribution is 6.31. The lowest BCUT2D eigenvalue weighted by molar-refractivity contribution is -0.124. The van der Waals surface area contributed by atoms with Gasteiger partial charge in [-0.15, -0.1) is 0 Å². The maximum Gasteiger partial charge on any atom is 0.238 e. The summed E-state index contributed by atoms with van der Waals surface area (Å²) in [4.78, 5) is 27.9. The standard InChI is InChI=1S/C28H32Cl2FN3O3/c1-27(2,3)13-21-28(18-10-7-14(29)11-20(18)33-26(28)37)22(17-5-4-6-19(30)23(17)31)24(34-21)25(36)32-15-8-9-16(35)12-15/h4-7,10-11,15-16,21-22,24,34-35H,8-9,12-13H2,1-3H3,(H,32,36)(H,33,37)/t15-,16-,21-,22-,24+,28+/m0/s1. The lowest BCUT2D eigenvalue weighted by Gasteiger charge is -2.37. The van der Waals surface area contributed by atoms with E-state index >= 15 is 4.39 Å². The first-order chi connectivity index (χ1) is 17.4. The number of aliphatic hydroxyl groups excluding tert-OH is 1. The van der Waals surface area contributed by atoms with E-state index in [2.05, 4.69) is 36.7 Å². The fraction of sp³-hybridized carbons (Fsp3) is 0.500. The van der Waals surface area contributed by atoms with E-state index in [0.29, 0.717) is 42.0 Å². The summed E-state index contributed by atoms with van der Waals surface area (Å²) in [5, 5.41) is 19.9. The first-order valence-electron chi connectivity index (χ1n) is 12.7. The number of benzene rings is 2. The maximum absolute atomic E-state index is 15.7. The molecule has 1 saturated carbocycles. The van der Waals surface area contributed by atoms with E-state index in [0.717, 1.165) is 0 Å². The van der Waals surface area contributed by atoms with Gasteiger partial charge < -0.3 is 21.1 Å². The number of amides is 2. The third-order valence-corrected chi connectivity index (χ3v) is 8.50. The Kier molecular flexibility index (Phi) is 6.80. The van der Waals surface area contributed by atoms with Gasteiger partial charge in [-0.3, -0.25) is 9.59 Å². The number of anilines is 1. The number of hydrogen-bond donors (Lipinski definition) is 4. The van der Waals surface area contributed by atoms with Crippen molar-refractivity contribution in [3.8, 4) is 0 Å². The Morgan fingerprint density at radius 2 is 1.97 bits per heavy atom. The molecule has 2 aromatic rings. The summed E-state index contributed by atoms with van der Waals surface area (Å²) in [6, 6.07) is 8.34. The topological polar surface area (TPSA) is 90.5 Å². The Bertz CT molecular complexity index is 1250. The van der Waals surface area contributed by atoms with E-state index in [1.165, 1.54) is 6.07 Å². The number of nitrogens with one attached hydrogen (secondary N) is 3. The molecule has 6 nitrogen and oxygen atoms in total. The minimum atomic E-state index is -1.28. The summed E-state index contributed by atoms with van der Waals surface area (Å²) in [6.45, 7) is 6.21. The number of aliphatic hydroxyl groups is 1. The zero-order chi connectivity index (χ0) is 26.7. The van der Waals surface area contributed by atoms with Gasteiger partial charge in [0.15, 0.2) is 0 Å². The molecule has 9 heteroatoms. The molecule has 198 valence electrons. The molecule has 2 heterocycles. The molecule has 1 spiro atoms. The second-order valence-corrected chi connectivity index (χ2v) is 12.6. The van der Waals surface area contributed by atoms with Crippen molar-refractivity contribution in [3.05, 3.63) is 63.4 Å². The van der Waals surface area contributed by atoms with Crippen molar-refractivity contribution in [2.45, 2.75) is 82.0 Å². The molecule has 2 aromatic carbocycles. The minimum Gasteiger partial charge on any atom is -0.393 e. The van der Waals surface area contributed by atoms with Crippen LogP contribution >= 0.6 is 23.2 Å². The first-order valence-corrected chi connectivity index (χ1v) is 13.5. The molecule has 1 aliphatic carbocycles. The van der Waals surface area contributed by atoms with Crippen LogP contribution in [-0.4, -0.2) is 41.2 Å². The van der Waals surface area contributed by atoms with Crippen LogP contribution in [0, 0.1) is 11.2 Å². The molecule has 3 aliphatic rings. The van der Waals surface area contributed by atoms with Gasteiger partial charge >= 0.3 is 0 Å². The number of hydrogen-bond acceptors (Lipinski definition) is 4. The lowest BCUT2D eigenvalue weighted by atomic mass is 9.62. The van der Waals surface area contributed by atoms with E-state index in [1.807, 2.05) is 0 Å². The van der Waals surface area contributed by atoms with Crippen LogP contribution in [0.1, 0.15) is 63.5 Å². The fourth-order valence-corrected chi connectivity index (χ4v) is 6.89. The highest BCUT2D eigenvalue weighted by Gasteiger charge is 2.66. The van der Waals surface area contributed by atoms with E-state index < -0.39 is 35.3 Å². The van der Waals surface area contributed by atoms with Gasteiger partial charge in [-0.25, -0.2) is 4.39 Å². The predicted molar refractivity (Wildman–Crippen MR) is 142 cm³/mol. The molecule has 5 rings (SSSR count). The monoisotopic (exact) mass is 547 g/mol. The van der Waals surface area contributed by atoms with Gasteiger partial charge in [0, 0.05) is 28.7 Å². The second kappa shape index (κ2) is 9.53. The summed E-state index contributed by atoms with van der Waals surface area (Å²) in [5.41, 5.74) is -0.0415. The smallest absolute Gasteiger partial charge is 0.238 e. The van der Waals surface area contributed by atoms with Gasteiger partial charge in [-0.1, -0.05) is 62.2 Å². The van der Waals surface area contributed by atoms with E-state index in [-0.39, 0.29) is 33.9 Å². The van der Waals surface area contributed by atoms with Gasteiger partial charge in [0.2, 0.25) is 11.8 Å². The molecule has 0 unspecified atom stereocenters. The van der Waals surface area contributed by atoms with Gasteiger partial charge in [0.25, 0.3) is 0 Å². The first kappa shape index (κ1) is 26.4. The number of carbonyl (C=O) groups is 2. The Labute approximate surface area is 226 Å². The summed E-state index contributed by atoms with van der Waals surface area (Å²) in [7, 11) is 0. The Hall–Kier alpha value is -2.19. The highest BCUT2D eigenvalue weighted by atomic mass is 35.5. The summed E-state index contributed by atoms with van der Waals surface area (Å²) >= 11 is 12.5. The molecule has 0 radical (unpaired) electrons. The molecular weight excluding hydrogens is 516 g/mol. The number of fused-ring (bicyclic) bond motifs is 2. The summed E-state index contributed by atoms with van der Waals surface area (Å²) in [6.07, 6.45) is 1.83. The van der Waals surface area contributed by atoms with Crippen LogP contribution in [0.5, 0.6) is 0 Å². The summed E-state index contributed by atoms with van der Waals surface area (Å²) < 4.78 is 15.7. The van der Waals surface area contributed by atoms with Crippen LogP contribution in [0.15, 0.2) is 36.4 Å². The lowest BCUT2D eigenvalue weighted by Crippen LogP contribution is -2.49. The average Bonchev–Trinajstić information content (AvgIpc) is 3.44. The molecule has 37 heavy (non-hydrogen) atoms. The van der Waals surface area contributed by atoms with Crippen molar-refractivity contribution >= 4 is 40.7 Å². The van der Waals surface area contributed by atoms with Crippen molar-refractivity contribution in [1.29, 1.82) is 0 Å². The van der Waals surface area contributed by atoms with Gasteiger partial charge in [0.05, 0.1) is 17.2 Å². The number of rotatable bonds is 4. The molecule has 2 amide bonds. The summed E-state index contributed by atoms with van der Waals surface area (Å²) in [5.74, 6) is -2.15. The van der Waals surface area contributed by atoms with Crippen molar-refractivity contribution < 1.29 is 19.1 Å². The van der Waals surface area contributed by atoms with E-state index in [4.69, 9.17) is 23.2 Å². The molecular formula is C28H32Cl2FN3O3. The number of carbonyl (C=O) groups excluding carboxylic acids is 2. The molecule has 2 fully saturated rings. The van der Waals surface area contributed by atoms with Crippen molar-refractivity contribution in [2.75, 3.05) is 5.32 Å². The van der Waals surface area contributed by atoms with Crippen LogP contribution in [0.2, 0.25) is 10.0 Å². The third kappa shape index (κ3) is 4.54. The predicted octanol–water partition coefficient (Wildman–Crippen LogP) is 4.91. The van der Waals surface area contributed by atoms with Crippen LogP contribution in [-0.2, 0) is 15.0 Å². The normalized spacial score (nSPS) is 31.0. The van der Waals surface area contributed by atoms with Gasteiger partial charge in [-0.05, 0) is 60.4 Å². The minimum absolute atomic E-state index is 0.0697. The molecule has 2 aliphatic heterocycles. The Morgan fingerprint density at radius 3 is 2.65 bits per heavy atom. The van der Waals surface area contributed by atoms with Crippen LogP contribution < -0.4 is 16.0 Å². The fourth-order valence-electron chi connectivity index (χ4n) is 6.53. The third-order valence-electron chi connectivity index (χ3n) is 7.97. The number of halogens is 3. The molecule has 1 saturated heterocycles. The van der Waals surface area contributed by atoms with Crippen LogP contribution in [0.25, 0.3) is 0 Å². The molecule has 6 atom stereocenters. The Balaban J connectivity index is 1.70. The van der Waals surface area contributed by atoms with Gasteiger partial charge in [0.1, 0.15) is 11.2 Å². The largest absolute Gasteiger partial charge is 0.393 e. The molecule has 0 bridgehead atoms. The van der Waals surface area contributed by atoms with Gasteiger partial charge in [-0.2, -0.15) is 0 Å². The molecule has 0 aromatic heterocycles. The van der Waals surface area contributed by atoms with Crippen LogP contribution in [0.4, 0.5) is 10.1 Å². The average molecular weight is 548 g/mol. The zero-order valence-corrected chi connectivity index (χ0v) is 22.6. The van der Waals surface area contributed by atoms with Crippen molar-refractivity contribution in [2.24, 2.45) is 5.41 Å². The SMILES string of the molecule is CC(C)(C)C[C@@H]1N[C@@H](C(=O)N[C@H]2CC[C@H](O)C2)[C@H](c2cccc(Cl)c2F)[C@]12C(=O)Nc1cc(Cl)ccc12. The molecule has 4 N–H and O–H groups in total. The van der Waals surface area contributed by atoms with E-state index in [9.17, 15) is 14.7 Å². The van der Waals surface area contributed by atoms with Crippen molar-refractivity contribution in [3.63, 3.8) is 0 Å². The van der Waals surface area contributed by atoms with Crippen LogP contribution in [0.3, 0.4) is 0 Å². The highest BCUT2D eigenvalue weighted by Crippen LogP contribution is 2.57.